The summed E-state index contributed by atoms with van der Waals surface area (Å²) < 4.78 is 23.8. The first-order valence-electron chi connectivity index (χ1n) is 7.05. The molecule has 3 nitrogen and oxygen atoms in total. The van der Waals surface area contributed by atoms with Crippen molar-refractivity contribution in [1.82, 2.24) is 0 Å². The van der Waals surface area contributed by atoms with Gasteiger partial charge in [-0.15, -0.1) is 0 Å². The third-order valence-corrected chi connectivity index (χ3v) is 4.50. The zero-order valence-corrected chi connectivity index (χ0v) is 15.1. The summed E-state index contributed by atoms with van der Waals surface area (Å²) in [4.78, 5) is 12.1. The molecule has 0 amide bonds. The molecule has 0 fully saturated rings. The summed E-state index contributed by atoms with van der Waals surface area (Å²) in [5, 5.41) is 0.0424. The van der Waals surface area contributed by atoms with E-state index in [1.54, 1.807) is 12.1 Å². The Morgan fingerprint density at radius 1 is 1.25 bits per heavy atom. The van der Waals surface area contributed by atoms with E-state index in [4.69, 9.17) is 33.3 Å². The summed E-state index contributed by atoms with van der Waals surface area (Å²) in [7, 11) is 0. The molecule has 0 radical (unpaired) electrons. The van der Waals surface area contributed by atoms with Crippen LogP contribution in [0.25, 0.3) is 0 Å². The zero-order chi connectivity index (χ0) is 17.5. The lowest BCUT2D eigenvalue weighted by atomic mass is 10.1. The number of esters is 1. The molecule has 0 saturated carbocycles. The largest absolute Gasteiger partial charge is 0.479 e. The predicted molar refractivity (Wildman–Crippen MR) is 98.3 cm³/mol. The van der Waals surface area contributed by atoms with Crippen molar-refractivity contribution in [3.05, 3.63) is 64.4 Å². The number of hydrogen-bond donors (Lipinski definition) is 0. The van der Waals surface area contributed by atoms with Gasteiger partial charge in [0.25, 0.3) is 0 Å². The molecule has 126 valence electrons. The number of hydrogen-bond acceptors (Lipinski definition) is 5. The second kappa shape index (κ2) is 9.01. The average molecular weight is 385 g/mol. The maximum atomic E-state index is 13.0. The Kier molecular flexibility index (Phi) is 7.02. The Hall–Kier alpha value is -1.63. The van der Waals surface area contributed by atoms with E-state index >= 15 is 0 Å². The summed E-state index contributed by atoms with van der Waals surface area (Å²) in [6.45, 7) is 2.42. The van der Waals surface area contributed by atoms with Crippen molar-refractivity contribution in [2.24, 2.45) is 0 Å². The van der Waals surface area contributed by atoms with Crippen molar-refractivity contribution in [3.8, 4) is 5.75 Å². The van der Waals surface area contributed by atoms with Gasteiger partial charge in [0.15, 0.2) is 0 Å². The number of rotatable bonds is 5. The number of thioether (sulfide) groups is 1. The van der Waals surface area contributed by atoms with Gasteiger partial charge in [0, 0.05) is 5.75 Å². The molecular formula is C17H14ClFO3S2. The lowest BCUT2D eigenvalue weighted by molar-refractivity contribution is 0.0734. The van der Waals surface area contributed by atoms with E-state index in [1.165, 1.54) is 23.9 Å². The molecule has 0 heterocycles. The second-order valence-electron chi connectivity index (χ2n) is 4.63. The maximum Gasteiger partial charge on any atom is 0.343 e. The zero-order valence-electron chi connectivity index (χ0n) is 12.8. The fourth-order valence-corrected chi connectivity index (χ4v) is 2.93. The van der Waals surface area contributed by atoms with E-state index in [1.807, 2.05) is 19.1 Å². The van der Waals surface area contributed by atoms with Crippen LogP contribution in [0.4, 0.5) is 4.39 Å². The van der Waals surface area contributed by atoms with Gasteiger partial charge >= 0.3 is 5.97 Å². The Balaban J connectivity index is 1.97. The number of benzene rings is 2. The molecule has 0 unspecified atom stereocenters. The van der Waals surface area contributed by atoms with Gasteiger partial charge in [-0.3, -0.25) is 0 Å². The van der Waals surface area contributed by atoms with Crippen molar-refractivity contribution in [3.63, 3.8) is 0 Å². The summed E-state index contributed by atoms with van der Waals surface area (Å²) >= 11 is 12.3. The molecule has 0 N–H and O–H groups in total. The van der Waals surface area contributed by atoms with Crippen LogP contribution >= 0.6 is 35.6 Å². The summed E-state index contributed by atoms with van der Waals surface area (Å²) in [6.07, 6.45) is 0. The van der Waals surface area contributed by atoms with E-state index in [0.717, 1.165) is 11.6 Å². The van der Waals surface area contributed by atoms with Gasteiger partial charge in [0.2, 0.25) is 4.38 Å². The highest BCUT2D eigenvalue weighted by atomic mass is 35.5. The third kappa shape index (κ3) is 5.47. The van der Waals surface area contributed by atoms with Crippen molar-refractivity contribution in [2.75, 3.05) is 6.61 Å². The van der Waals surface area contributed by atoms with Crippen LogP contribution in [0.1, 0.15) is 22.8 Å². The number of thiocarbonyl (C=S) groups is 1. The van der Waals surface area contributed by atoms with E-state index in [9.17, 15) is 9.18 Å². The lowest BCUT2D eigenvalue weighted by Gasteiger charge is -2.07. The predicted octanol–water partition coefficient (Wildman–Crippen LogP) is 5.25. The molecule has 0 aliphatic rings. The van der Waals surface area contributed by atoms with E-state index < -0.39 is 11.8 Å². The smallest absolute Gasteiger partial charge is 0.343 e. The molecule has 0 aliphatic carbocycles. The first-order valence-corrected chi connectivity index (χ1v) is 8.82. The minimum absolute atomic E-state index is 0.0424. The van der Waals surface area contributed by atoms with Crippen LogP contribution in [0.3, 0.4) is 0 Å². The minimum atomic E-state index is -0.562. The molecule has 0 atom stereocenters. The van der Waals surface area contributed by atoms with Gasteiger partial charge < -0.3 is 9.47 Å². The van der Waals surface area contributed by atoms with E-state index in [2.05, 4.69) is 0 Å². The fourth-order valence-electron chi connectivity index (χ4n) is 1.76. The topological polar surface area (TPSA) is 35.5 Å². The number of carbonyl (C=O) groups excluding carboxylic acids is 1. The molecule has 7 heteroatoms. The Bertz CT molecular complexity index is 735. The first-order chi connectivity index (χ1) is 11.5. The fraction of sp³-hybridized carbons (Fsp3) is 0.176. The standard InChI is InChI=1S/C17H14ClFO3S2/c1-2-21-17(23)24-10-11-3-5-12(6-4-11)16(20)22-15-8-7-13(19)9-14(15)18/h3-9H,2,10H2,1H3. The van der Waals surface area contributed by atoms with Crippen LogP contribution in [0.5, 0.6) is 5.75 Å². The lowest BCUT2D eigenvalue weighted by Crippen LogP contribution is -2.08. The molecule has 0 saturated heterocycles. The van der Waals surface area contributed by atoms with Gasteiger partial charge in [-0.2, -0.15) is 0 Å². The van der Waals surface area contributed by atoms with Crippen molar-refractivity contribution < 1.29 is 18.7 Å². The highest BCUT2D eigenvalue weighted by Crippen LogP contribution is 2.26. The van der Waals surface area contributed by atoms with Crippen LogP contribution < -0.4 is 4.74 Å². The van der Waals surface area contributed by atoms with Crippen molar-refractivity contribution >= 4 is 45.9 Å². The molecule has 24 heavy (non-hydrogen) atoms. The van der Waals surface area contributed by atoms with Gasteiger partial charge in [0.05, 0.1) is 17.2 Å². The molecule has 0 spiro atoms. The van der Waals surface area contributed by atoms with Gasteiger partial charge in [-0.1, -0.05) is 35.5 Å². The van der Waals surface area contributed by atoms with Crippen LogP contribution in [0.2, 0.25) is 5.02 Å². The van der Waals surface area contributed by atoms with Gasteiger partial charge in [-0.05, 0) is 55.0 Å². The van der Waals surface area contributed by atoms with E-state index in [-0.39, 0.29) is 10.8 Å². The normalized spacial score (nSPS) is 10.3. The highest BCUT2D eigenvalue weighted by Gasteiger charge is 2.12. The quantitative estimate of drug-likeness (QED) is 0.399. The molecule has 2 rings (SSSR count). The van der Waals surface area contributed by atoms with E-state index in [0.29, 0.717) is 22.3 Å². The molecule has 2 aromatic carbocycles. The molecular weight excluding hydrogens is 371 g/mol. The number of ether oxygens (including phenoxy) is 2. The highest BCUT2D eigenvalue weighted by molar-refractivity contribution is 8.22. The van der Waals surface area contributed by atoms with Crippen LogP contribution in [0, 0.1) is 5.82 Å². The molecule has 0 aliphatic heterocycles. The second-order valence-corrected chi connectivity index (χ2v) is 6.62. The maximum absolute atomic E-state index is 13.0. The van der Waals surface area contributed by atoms with Gasteiger partial charge in [-0.25, -0.2) is 9.18 Å². The summed E-state index contributed by atoms with van der Waals surface area (Å²) in [5.41, 5.74) is 1.37. The summed E-state index contributed by atoms with van der Waals surface area (Å²) in [6, 6.07) is 10.5. The molecule has 0 aromatic heterocycles. The Morgan fingerprint density at radius 3 is 2.58 bits per heavy atom. The van der Waals surface area contributed by atoms with Crippen LogP contribution in [0.15, 0.2) is 42.5 Å². The number of halogens is 2. The van der Waals surface area contributed by atoms with Crippen LogP contribution in [-0.2, 0) is 10.5 Å². The summed E-state index contributed by atoms with van der Waals surface area (Å²) in [5.74, 6) is -0.290. The molecule has 0 bridgehead atoms. The monoisotopic (exact) mass is 384 g/mol. The molecule has 2 aromatic rings. The Morgan fingerprint density at radius 2 is 1.96 bits per heavy atom. The number of carbonyl (C=O) groups is 1. The van der Waals surface area contributed by atoms with Crippen molar-refractivity contribution in [2.45, 2.75) is 12.7 Å². The van der Waals surface area contributed by atoms with Crippen molar-refractivity contribution in [1.29, 1.82) is 0 Å². The van der Waals surface area contributed by atoms with Gasteiger partial charge in [0.1, 0.15) is 11.6 Å². The SMILES string of the molecule is CCOC(=S)SCc1ccc(C(=O)Oc2ccc(F)cc2Cl)cc1. The third-order valence-electron chi connectivity index (χ3n) is 2.91. The van der Waals surface area contributed by atoms with Crippen LogP contribution in [-0.4, -0.2) is 17.0 Å². The minimum Gasteiger partial charge on any atom is -0.479 e. The average Bonchev–Trinajstić information content (AvgIpc) is 2.56. The Labute approximate surface area is 154 Å². The first kappa shape index (κ1) is 18.7.